The Labute approximate surface area is 117 Å². The third-order valence-corrected chi connectivity index (χ3v) is 5.54. The second-order valence-corrected chi connectivity index (χ2v) is 6.72. The van der Waals surface area contributed by atoms with Gasteiger partial charge in [-0.1, -0.05) is 19.1 Å². The molecule has 1 aromatic carbocycles. The van der Waals surface area contributed by atoms with Crippen LogP contribution in [0.25, 0.3) is 5.57 Å². The molecule has 102 valence electrons. The van der Waals surface area contributed by atoms with Crippen molar-refractivity contribution >= 4 is 5.57 Å². The monoisotopic (exact) mass is 256 g/mol. The zero-order valence-corrected chi connectivity index (χ0v) is 13.1. The minimum absolute atomic E-state index is 0.605. The smallest absolute Gasteiger partial charge is 0.116 e. The van der Waals surface area contributed by atoms with Gasteiger partial charge in [-0.3, -0.25) is 4.90 Å². The molecule has 0 saturated carbocycles. The lowest BCUT2D eigenvalue weighted by atomic mass is 9.84. The third-order valence-electron chi connectivity index (χ3n) is 5.54. The molecule has 3 rings (SSSR count). The molecule has 4 atom stereocenters. The van der Waals surface area contributed by atoms with Gasteiger partial charge in [0.25, 0.3) is 0 Å². The van der Waals surface area contributed by atoms with Crippen molar-refractivity contribution in [1.82, 2.24) is 0 Å². The lowest BCUT2D eigenvalue weighted by Crippen LogP contribution is -3.12. The van der Waals surface area contributed by atoms with Gasteiger partial charge in [0.2, 0.25) is 0 Å². The Hall–Kier alpha value is -1.08. The summed E-state index contributed by atoms with van der Waals surface area (Å²) < 4.78 is 0. The second kappa shape index (κ2) is 4.21. The molecule has 0 spiro atoms. The number of hydrogen-bond donors (Lipinski definition) is 1. The molecule has 1 saturated heterocycles. The van der Waals surface area contributed by atoms with E-state index in [1.165, 1.54) is 23.1 Å². The number of allylic oxidation sites excluding steroid dienone is 2. The van der Waals surface area contributed by atoms with Gasteiger partial charge in [-0.05, 0) is 51.3 Å². The van der Waals surface area contributed by atoms with Crippen LogP contribution in [0.4, 0.5) is 0 Å². The van der Waals surface area contributed by atoms with Gasteiger partial charge in [-0.2, -0.15) is 0 Å². The topological polar surface area (TPSA) is 4.44 Å². The van der Waals surface area contributed by atoms with E-state index in [1.807, 2.05) is 0 Å². The summed E-state index contributed by atoms with van der Waals surface area (Å²) in [5.74, 6) is 0.738. The summed E-state index contributed by atoms with van der Waals surface area (Å²) >= 11 is 0. The second-order valence-electron chi connectivity index (χ2n) is 6.72. The average molecular weight is 256 g/mol. The molecule has 2 aliphatic rings. The van der Waals surface area contributed by atoms with Crippen LogP contribution in [-0.2, 0) is 0 Å². The maximum Gasteiger partial charge on any atom is 0.116 e. The molecule has 0 aliphatic carbocycles. The van der Waals surface area contributed by atoms with Gasteiger partial charge >= 0.3 is 0 Å². The molecular formula is C18H26N+. The molecule has 1 heteroatoms. The minimum Gasteiger partial charge on any atom is -0.297 e. The fraction of sp³-hybridized carbons (Fsp3) is 0.556. The highest BCUT2D eigenvalue weighted by Gasteiger charge is 2.45. The van der Waals surface area contributed by atoms with Crippen molar-refractivity contribution in [3.8, 4) is 0 Å². The van der Waals surface area contributed by atoms with E-state index in [-0.39, 0.29) is 0 Å². The molecule has 0 aromatic heterocycles. The van der Waals surface area contributed by atoms with Crippen LogP contribution in [0.1, 0.15) is 62.4 Å². The zero-order valence-electron chi connectivity index (χ0n) is 13.1. The van der Waals surface area contributed by atoms with Crippen LogP contribution in [0.3, 0.4) is 0 Å². The molecule has 1 fully saturated rings. The van der Waals surface area contributed by atoms with E-state index < -0.39 is 0 Å². The molecule has 2 heterocycles. The number of hydrogen-bond acceptors (Lipinski definition) is 0. The fourth-order valence-corrected chi connectivity index (χ4v) is 4.59. The number of fused-ring (bicyclic) bond motifs is 2. The molecule has 0 amide bonds. The lowest BCUT2D eigenvalue weighted by Gasteiger charge is -2.35. The Morgan fingerprint density at radius 1 is 1.05 bits per heavy atom. The Balaban J connectivity index is 2.28. The summed E-state index contributed by atoms with van der Waals surface area (Å²) in [5.41, 5.74) is 9.26. The van der Waals surface area contributed by atoms with Crippen molar-refractivity contribution in [3.05, 3.63) is 40.1 Å². The maximum absolute atomic E-state index is 2.42. The van der Waals surface area contributed by atoms with Crippen molar-refractivity contribution in [3.63, 3.8) is 0 Å². The van der Waals surface area contributed by atoms with E-state index in [1.54, 1.807) is 21.7 Å². The predicted molar refractivity (Wildman–Crippen MR) is 81.1 cm³/mol. The fourth-order valence-electron chi connectivity index (χ4n) is 4.59. The van der Waals surface area contributed by atoms with E-state index in [0.717, 1.165) is 12.0 Å². The molecular weight excluding hydrogens is 230 g/mol. The van der Waals surface area contributed by atoms with Crippen LogP contribution in [0.15, 0.2) is 17.8 Å². The molecule has 0 bridgehead atoms. The van der Waals surface area contributed by atoms with Gasteiger partial charge in [0.1, 0.15) is 11.7 Å². The summed E-state index contributed by atoms with van der Waals surface area (Å²) in [5, 5.41) is 0. The quantitative estimate of drug-likeness (QED) is 0.725. The van der Waals surface area contributed by atoms with E-state index in [2.05, 4.69) is 53.7 Å². The van der Waals surface area contributed by atoms with E-state index in [0.29, 0.717) is 6.04 Å². The van der Waals surface area contributed by atoms with E-state index in [9.17, 15) is 0 Å². The van der Waals surface area contributed by atoms with E-state index in [4.69, 9.17) is 0 Å². The highest BCUT2D eigenvalue weighted by atomic mass is 15.2. The average Bonchev–Trinajstić information content (AvgIpc) is 2.65. The maximum atomic E-state index is 2.42. The number of rotatable bonds is 0. The van der Waals surface area contributed by atoms with Crippen molar-refractivity contribution in [2.24, 2.45) is 5.92 Å². The lowest BCUT2D eigenvalue weighted by molar-refractivity contribution is -0.906. The molecule has 2 aliphatic heterocycles. The number of benzene rings is 1. The van der Waals surface area contributed by atoms with Crippen LogP contribution in [0.5, 0.6) is 0 Å². The van der Waals surface area contributed by atoms with Gasteiger partial charge in [0.05, 0.1) is 6.04 Å². The van der Waals surface area contributed by atoms with Crippen molar-refractivity contribution in [2.45, 2.75) is 60.0 Å². The first-order valence-corrected chi connectivity index (χ1v) is 7.61. The van der Waals surface area contributed by atoms with Crippen LogP contribution in [0, 0.1) is 19.8 Å². The van der Waals surface area contributed by atoms with Gasteiger partial charge in [0.15, 0.2) is 0 Å². The Morgan fingerprint density at radius 2 is 1.74 bits per heavy atom. The summed E-state index contributed by atoms with van der Waals surface area (Å²) in [6, 6.07) is 6.00. The minimum atomic E-state index is 0.605. The number of quaternary nitrogens is 1. The Bertz CT molecular complexity index is 567. The number of aryl methyl sites for hydroxylation is 1. The first kappa shape index (κ1) is 12.9. The van der Waals surface area contributed by atoms with Gasteiger partial charge in [-0.25, -0.2) is 0 Å². The zero-order chi connectivity index (χ0) is 13.9. The van der Waals surface area contributed by atoms with Gasteiger partial charge in [0, 0.05) is 23.5 Å². The summed E-state index contributed by atoms with van der Waals surface area (Å²) in [7, 11) is 0. The van der Waals surface area contributed by atoms with Crippen LogP contribution in [0.2, 0.25) is 0 Å². The summed E-state index contributed by atoms with van der Waals surface area (Å²) in [6.45, 7) is 14.1. The largest absolute Gasteiger partial charge is 0.297 e. The van der Waals surface area contributed by atoms with Crippen molar-refractivity contribution < 1.29 is 4.90 Å². The standard InChI is InChI=1S/C18H25N/c1-10-7-8-16-14(5)18-11(2)9-12(3)19(18)15(6)17(16)13(10)4/h7-8,11-12,15H,9H2,1-6H3/p+1. The van der Waals surface area contributed by atoms with Gasteiger partial charge in [-0.15, -0.1) is 0 Å². The molecule has 4 unspecified atom stereocenters. The van der Waals surface area contributed by atoms with E-state index >= 15 is 0 Å². The summed E-state index contributed by atoms with van der Waals surface area (Å²) in [6.07, 6.45) is 1.33. The highest BCUT2D eigenvalue weighted by Crippen LogP contribution is 2.38. The third kappa shape index (κ3) is 1.64. The van der Waals surface area contributed by atoms with Gasteiger partial charge < -0.3 is 0 Å². The van der Waals surface area contributed by atoms with Crippen LogP contribution < -0.4 is 4.90 Å². The van der Waals surface area contributed by atoms with Crippen molar-refractivity contribution in [1.29, 1.82) is 0 Å². The highest BCUT2D eigenvalue weighted by molar-refractivity contribution is 5.72. The molecule has 0 radical (unpaired) electrons. The normalized spacial score (nSPS) is 33.4. The molecule has 19 heavy (non-hydrogen) atoms. The van der Waals surface area contributed by atoms with Crippen LogP contribution >= 0.6 is 0 Å². The first-order valence-electron chi connectivity index (χ1n) is 7.61. The SMILES string of the molecule is CC1=C2C(C)CC(C)[NH+]2C(C)c2c1ccc(C)c2C. The Morgan fingerprint density at radius 3 is 2.42 bits per heavy atom. The van der Waals surface area contributed by atoms with Crippen LogP contribution in [-0.4, -0.2) is 6.04 Å². The molecule has 1 nitrogen and oxygen atoms in total. The molecule has 1 N–H and O–H groups in total. The summed E-state index contributed by atoms with van der Waals surface area (Å²) in [4.78, 5) is 1.73. The molecule has 1 aromatic rings. The predicted octanol–water partition coefficient (Wildman–Crippen LogP) is 3.42. The first-order chi connectivity index (χ1) is 8.93. The Kier molecular flexibility index (Phi) is 2.86. The van der Waals surface area contributed by atoms with Crippen molar-refractivity contribution in [2.75, 3.05) is 0 Å². The number of nitrogens with one attached hydrogen (secondary N) is 1.